The molecule has 1 atom stereocenters. The number of thiophene rings is 1. The van der Waals surface area contributed by atoms with Crippen LogP contribution in [-0.2, 0) is 0 Å². The van der Waals surface area contributed by atoms with Gasteiger partial charge < -0.3 is 9.47 Å². The summed E-state index contributed by atoms with van der Waals surface area (Å²) in [4.78, 5) is 2.41. The number of hydrogen-bond acceptors (Lipinski definition) is 2. The molecular formula is C39H30N2S. The fourth-order valence-electron chi connectivity index (χ4n) is 6.39. The molecule has 1 unspecified atom stereocenters. The lowest BCUT2D eigenvalue weighted by atomic mass is 9.91. The van der Waals surface area contributed by atoms with E-state index in [1.165, 1.54) is 53.7 Å². The molecule has 0 fully saturated rings. The summed E-state index contributed by atoms with van der Waals surface area (Å²) in [5, 5.41) is 2.57. The van der Waals surface area contributed by atoms with Crippen LogP contribution in [0.25, 0.3) is 42.5 Å². The van der Waals surface area contributed by atoms with Crippen molar-refractivity contribution in [2.75, 3.05) is 4.90 Å². The molecule has 2 nitrogen and oxygen atoms in total. The Morgan fingerprint density at radius 2 is 1.36 bits per heavy atom. The van der Waals surface area contributed by atoms with Crippen molar-refractivity contribution in [2.45, 2.75) is 13.3 Å². The van der Waals surface area contributed by atoms with Gasteiger partial charge in [0.1, 0.15) is 0 Å². The van der Waals surface area contributed by atoms with Gasteiger partial charge in [0.15, 0.2) is 0 Å². The van der Waals surface area contributed by atoms with E-state index in [4.69, 9.17) is 0 Å². The SMILES string of the molecule is CC1C=CC=C(c2ccc(N(c3ccccc3)c3cccc4c3sc3c5ccccc5n(-c5ccccc5)c43)cc2)C1. The van der Waals surface area contributed by atoms with Crippen molar-refractivity contribution in [3.63, 3.8) is 0 Å². The van der Waals surface area contributed by atoms with Crippen molar-refractivity contribution in [1.82, 2.24) is 4.57 Å². The molecule has 3 heteroatoms. The summed E-state index contributed by atoms with van der Waals surface area (Å²) in [5.74, 6) is 0.574. The standard InChI is InChI=1S/C39H30N2S/c1-27-12-10-13-29(26-27)28-22-24-32(25-23-28)40(30-14-4-2-5-15-30)36-21-11-19-34-37-39(42-38(34)36)33-18-8-9-20-35(33)41(37)31-16-6-3-7-17-31/h2-25,27H,26H2,1H3. The second-order valence-corrected chi connectivity index (χ2v) is 12.1. The molecule has 0 radical (unpaired) electrons. The van der Waals surface area contributed by atoms with Gasteiger partial charge in [-0.1, -0.05) is 104 Å². The molecule has 0 saturated carbocycles. The molecule has 0 aliphatic heterocycles. The van der Waals surface area contributed by atoms with Crippen LogP contribution in [0.2, 0.25) is 0 Å². The van der Waals surface area contributed by atoms with Crippen molar-refractivity contribution in [2.24, 2.45) is 5.92 Å². The van der Waals surface area contributed by atoms with Crippen molar-refractivity contribution in [3.05, 3.63) is 151 Å². The third-order valence-corrected chi connectivity index (χ3v) is 9.58. The zero-order valence-electron chi connectivity index (χ0n) is 23.4. The quantitative estimate of drug-likeness (QED) is 0.204. The Morgan fingerprint density at radius 1 is 0.667 bits per heavy atom. The maximum Gasteiger partial charge on any atom is 0.0728 e. The fraction of sp³-hybridized carbons (Fsp3) is 0.0769. The maximum atomic E-state index is 2.43. The minimum Gasteiger partial charge on any atom is -0.309 e. The van der Waals surface area contributed by atoms with E-state index in [0.29, 0.717) is 5.92 Å². The zero-order chi connectivity index (χ0) is 28.0. The lowest BCUT2D eigenvalue weighted by Crippen LogP contribution is -2.10. The second-order valence-electron chi connectivity index (χ2n) is 11.1. The molecule has 0 N–H and O–H groups in total. The molecule has 8 rings (SSSR count). The summed E-state index contributed by atoms with van der Waals surface area (Å²) in [6.07, 6.45) is 7.82. The van der Waals surface area contributed by atoms with Gasteiger partial charge in [0, 0.05) is 27.8 Å². The van der Waals surface area contributed by atoms with Crippen LogP contribution in [0.4, 0.5) is 17.1 Å². The first-order chi connectivity index (χ1) is 20.8. The summed E-state index contributed by atoms with van der Waals surface area (Å²) >= 11 is 1.90. The second kappa shape index (κ2) is 10.2. The summed E-state index contributed by atoms with van der Waals surface area (Å²) in [5.41, 5.74) is 9.92. The maximum absolute atomic E-state index is 2.43. The Morgan fingerprint density at radius 3 is 2.14 bits per heavy atom. The van der Waals surface area contributed by atoms with E-state index in [2.05, 4.69) is 162 Å². The topological polar surface area (TPSA) is 8.17 Å². The van der Waals surface area contributed by atoms with Gasteiger partial charge in [-0.2, -0.15) is 0 Å². The van der Waals surface area contributed by atoms with E-state index in [0.717, 1.165) is 17.8 Å². The number of hydrogen-bond donors (Lipinski definition) is 0. The van der Waals surface area contributed by atoms with Crippen LogP contribution in [0.3, 0.4) is 0 Å². The molecule has 202 valence electrons. The number of para-hydroxylation sites is 3. The van der Waals surface area contributed by atoms with Gasteiger partial charge in [0.25, 0.3) is 0 Å². The smallest absolute Gasteiger partial charge is 0.0728 e. The van der Waals surface area contributed by atoms with Gasteiger partial charge in [-0.3, -0.25) is 0 Å². The van der Waals surface area contributed by atoms with Crippen LogP contribution < -0.4 is 4.90 Å². The van der Waals surface area contributed by atoms with Crippen LogP contribution in [0.15, 0.2) is 146 Å². The minimum absolute atomic E-state index is 0.574. The van der Waals surface area contributed by atoms with Crippen molar-refractivity contribution >= 4 is 65.2 Å². The number of benzene rings is 5. The number of nitrogens with zero attached hydrogens (tertiary/aromatic N) is 2. The number of anilines is 3. The predicted octanol–water partition coefficient (Wildman–Crippen LogP) is 11.4. The zero-order valence-corrected chi connectivity index (χ0v) is 24.3. The first kappa shape index (κ1) is 24.9. The molecule has 42 heavy (non-hydrogen) atoms. The number of aromatic nitrogens is 1. The van der Waals surface area contributed by atoms with Crippen LogP contribution in [0.1, 0.15) is 18.9 Å². The van der Waals surface area contributed by atoms with Crippen molar-refractivity contribution in [1.29, 1.82) is 0 Å². The monoisotopic (exact) mass is 558 g/mol. The van der Waals surface area contributed by atoms with Crippen LogP contribution in [0.5, 0.6) is 0 Å². The summed E-state index contributed by atoms with van der Waals surface area (Å²) in [6.45, 7) is 2.28. The Bertz CT molecular complexity index is 2110. The largest absolute Gasteiger partial charge is 0.309 e. The van der Waals surface area contributed by atoms with Crippen LogP contribution in [0, 0.1) is 5.92 Å². The van der Waals surface area contributed by atoms with E-state index < -0.39 is 0 Å². The van der Waals surface area contributed by atoms with Gasteiger partial charge in [0.2, 0.25) is 0 Å². The fourth-order valence-corrected chi connectivity index (χ4v) is 7.71. The van der Waals surface area contributed by atoms with Gasteiger partial charge in [-0.25, -0.2) is 0 Å². The van der Waals surface area contributed by atoms with Crippen LogP contribution >= 0.6 is 11.3 Å². The van der Waals surface area contributed by atoms with E-state index in [9.17, 15) is 0 Å². The number of fused-ring (bicyclic) bond motifs is 5. The summed E-state index contributed by atoms with van der Waals surface area (Å²) in [7, 11) is 0. The molecule has 0 amide bonds. The first-order valence-electron chi connectivity index (χ1n) is 14.6. The van der Waals surface area contributed by atoms with E-state index in [1.807, 2.05) is 11.3 Å². The van der Waals surface area contributed by atoms with E-state index in [-0.39, 0.29) is 0 Å². The molecule has 0 bridgehead atoms. The minimum atomic E-state index is 0.574. The Labute approximate surface area is 250 Å². The number of rotatable bonds is 5. The molecule has 1 aliphatic rings. The molecule has 2 aromatic heterocycles. The Hall–Kier alpha value is -4.86. The van der Waals surface area contributed by atoms with Crippen LogP contribution in [-0.4, -0.2) is 4.57 Å². The highest BCUT2D eigenvalue weighted by Crippen LogP contribution is 2.48. The number of allylic oxidation sites excluding steroid dienone is 4. The summed E-state index contributed by atoms with van der Waals surface area (Å²) in [6, 6.07) is 46.1. The molecule has 7 aromatic rings. The molecule has 1 aliphatic carbocycles. The average molecular weight is 559 g/mol. The average Bonchev–Trinajstić information content (AvgIpc) is 3.58. The Kier molecular flexibility index (Phi) is 6.05. The summed E-state index contributed by atoms with van der Waals surface area (Å²) < 4.78 is 5.05. The highest BCUT2D eigenvalue weighted by molar-refractivity contribution is 7.27. The van der Waals surface area contributed by atoms with Gasteiger partial charge in [-0.05, 0) is 72.0 Å². The van der Waals surface area contributed by atoms with Gasteiger partial charge in [0.05, 0.1) is 26.1 Å². The molecule has 2 heterocycles. The highest BCUT2D eigenvalue weighted by atomic mass is 32.1. The predicted molar refractivity (Wildman–Crippen MR) is 182 cm³/mol. The highest BCUT2D eigenvalue weighted by Gasteiger charge is 2.22. The Balaban J connectivity index is 1.35. The van der Waals surface area contributed by atoms with Gasteiger partial charge in [-0.15, -0.1) is 11.3 Å². The first-order valence-corrected chi connectivity index (χ1v) is 15.4. The third-order valence-electron chi connectivity index (χ3n) is 8.33. The molecular weight excluding hydrogens is 529 g/mol. The molecule has 0 spiro atoms. The lowest BCUT2D eigenvalue weighted by Gasteiger charge is -2.26. The van der Waals surface area contributed by atoms with Crippen molar-refractivity contribution < 1.29 is 0 Å². The van der Waals surface area contributed by atoms with E-state index in [1.54, 1.807) is 0 Å². The third kappa shape index (κ3) is 4.08. The normalized spacial score (nSPS) is 15.0. The van der Waals surface area contributed by atoms with Crippen molar-refractivity contribution in [3.8, 4) is 5.69 Å². The molecule has 0 saturated heterocycles. The molecule has 5 aromatic carbocycles. The van der Waals surface area contributed by atoms with Gasteiger partial charge >= 0.3 is 0 Å². The lowest BCUT2D eigenvalue weighted by molar-refractivity contribution is 0.749. The van der Waals surface area contributed by atoms with E-state index >= 15 is 0 Å².